The average Bonchev–Trinajstić information content (AvgIpc) is 2.65. The van der Waals surface area contributed by atoms with Gasteiger partial charge in [-0.05, 0) is 37.8 Å². The van der Waals surface area contributed by atoms with Gasteiger partial charge in [-0.1, -0.05) is 12.2 Å². The minimum Gasteiger partial charge on any atom is -0.466 e. The Morgan fingerprint density at radius 3 is 1.33 bits per heavy atom. The van der Waals surface area contributed by atoms with Gasteiger partial charge in [-0.2, -0.15) is 0 Å². The summed E-state index contributed by atoms with van der Waals surface area (Å²) in [5.74, 6) is -0.593. The smallest absolute Gasteiger partial charge is 0.303 e. The molecule has 8 heteroatoms. The highest BCUT2D eigenvalue weighted by Gasteiger charge is 2.21. The topological polar surface area (TPSA) is 105 Å². The van der Waals surface area contributed by atoms with E-state index in [1.165, 1.54) is 27.7 Å². The fraction of sp³-hybridized carbons (Fsp3) is 0.636. The molecule has 168 valence electrons. The summed E-state index contributed by atoms with van der Waals surface area (Å²) in [7, 11) is 0. The van der Waals surface area contributed by atoms with Crippen LogP contribution in [0.25, 0.3) is 0 Å². The van der Waals surface area contributed by atoms with Gasteiger partial charge in [-0.15, -0.1) is 0 Å². The van der Waals surface area contributed by atoms with Crippen molar-refractivity contribution >= 4 is 23.9 Å². The molecule has 8 nitrogen and oxygen atoms in total. The molecule has 0 aliphatic heterocycles. The molecular weight excluding hydrogens is 392 g/mol. The number of hydrogen-bond donors (Lipinski definition) is 0. The first-order valence-electron chi connectivity index (χ1n) is 10.1. The highest BCUT2D eigenvalue weighted by Crippen LogP contribution is 2.22. The zero-order valence-electron chi connectivity index (χ0n) is 18.1. The fourth-order valence-corrected chi connectivity index (χ4v) is 3.20. The van der Waals surface area contributed by atoms with Gasteiger partial charge in [0.05, 0.1) is 13.2 Å². The van der Waals surface area contributed by atoms with Crippen LogP contribution in [0.4, 0.5) is 0 Å². The van der Waals surface area contributed by atoms with Gasteiger partial charge in [0.2, 0.25) is 0 Å². The van der Waals surface area contributed by atoms with E-state index < -0.39 is 0 Å². The van der Waals surface area contributed by atoms with Gasteiger partial charge >= 0.3 is 23.9 Å². The lowest BCUT2D eigenvalue weighted by Gasteiger charge is -2.23. The molecule has 0 bridgehead atoms. The maximum Gasteiger partial charge on any atom is 0.303 e. The highest BCUT2D eigenvalue weighted by molar-refractivity contribution is 5.67. The van der Waals surface area contributed by atoms with Crippen LogP contribution in [0.1, 0.15) is 53.4 Å². The molecule has 2 aliphatic carbocycles. The van der Waals surface area contributed by atoms with Crippen molar-refractivity contribution in [2.75, 3.05) is 13.2 Å². The Kier molecular flexibility index (Phi) is 11.5. The summed E-state index contributed by atoms with van der Waals surface area (Å²) < 4.78 is 20.0. The van der Waals surface area contributed by atoms with Gasteiger partial charge in [-0.25, -0.2) is 0 Å². The molecule has 0 aromatic rings. The predicted octanol–water partition coefficient (Wildman–Crippen LogP) is 2.89. The predicted molar refractivity (Wildman–Crippen MR) is 108 cm³/mol. The van der Waals surface area contributed by atoms with Crippen molar-refractivity contribution in [3.05, 3.63) is 24.3 Å². The quantitative estimate of drug-likeness (QED) is 0.364. The van der Waals surface area contributed by atoms with Crippen LogP contribution in [0.2, 0.25) is 0 Å². The summed E-state index contributed by atoms with van der Waals surface area (Å²) in [5.41, 5.74) is 0. The van der Waals surface area contributed by atoms with Gasteiger partial charge in [-0.3, -0.25) is 19.2 Å². The Hall–Kier alpha value is -2.64. The van der Waals surface area contributed by atoms with Crippen LogP contribution in [0.5, 0.6) is 0 Å². The highest BCUT2D eigenvalue weighted by atomic mass is 16.6. The first-order valence-corrected chi connectivity index (χ1v) is 10.1. The first kappa shape index (κ1) is 25.4. The van der Waals surface area contributed by atoms with E-state index in [-0.39, 0.29) is 47.9 Å². The normalized spacial score (nSPS) is 24.7. The lowest BCUT2D eigenvalue weighted by Crippen LogP contribution is -2.24. The number of carbonyl (C=O) groups excluding carboxylic acids is 4. The van der Waals surface area contributed by atoms with Crippen molar-refractivity contribution in [2.24, 2.45) is 11.8 Å². The maximum atomic E-state index is 10.7. The summed E-state index contributed by atoms with van der Waals surface area (Å²) in [6.07, 6.45) is 10.5. The van der Waals surface area contributed by atoms with E-state index in [2.05, 4.69) is 0 Å². The van der Waals surface area contributed by atoms with Crippen LogP contribution in [0.3, 0.4) is 0 Å². The Bertz CT molecular complexity index is 596. The van der Waals surface area contributed by atoms with Crippen LogP contribution < -0.4 is 0 Å². The van der Waals surface area contributed by atoms with Crippen molar-refractivity contribution in [1.82, 2.24) is 0 Å². The van der Waals surface area contributed by atoms with Crippen LogP contribution in [-0.2, 0) is 38.1 Å². The molecule has 4 unspecified atom stereocenters. The molecule has 0 spiro atoms. The second kappa shape index (κ2) is 13.6. The fourth-order valence-electron chi connectivity index (χ4n) is 3.20. The van der Waals surface area contributed by atoms with E-state index in [0.29, 0.717) is 13.2 Å². The lowest BCUT2D eigenvalue weighted by molar-refractivity contribution is -0.147. The molecule has 0 aromatic carbocycles. The standard InChI is InChI=1S/2C11H16O4/c2*1-8(12)14-7-10-4-3-5-11(6-10)15-9(2)13/h2*3,5,10-11H,4,6-7H2,1-2H3. The van der Waals surface area contributed by atoms with Crippen molar-refractivity contribution in [3.8, 4) is 0 Å². The molecule has 30 heavy (non-hydrogen) atoms. The van der Waals surface area contributed by atoms with E-state index in [1.54, 1.807) is 0 Å². The number of hydrogen-bond acceptors (Lipinski definition) is 8. The maximum absolute atomic E-state index is 10.7. The third-order valence-electron chi connectivity index (χ3n) is 4.45. The summed E-state index contributed by atoms with van der Waals surface area (Å²) in [4.78, 5) is 42.7. The van der Waals surface area contributed by atoms with Gasteiger partial charge in [0, 0.05) is 39.5 Å². The number of allylic oxidation sites excluding steroid dienone is 2. The molecule has 0 saturated carbocycles. The Morgan fingerprint density at radius 1 is 0.667 bits per heavy atom. The zero-order chi connectivity index (χ0) is 22.5. The minimum absolute atomic E-state index is 0.170. The van der Waals surface area contributed by atoms with Crippen LogP contribution >= 0.6 is 0 Å². The summed E-state index contributed by atoms with van der Waals surface area (Å²) in [6, 6.07) is 0. The van der Waals surface area contributed by atoms with Crippen LogP contribution in [0.15, 0.2) is 24.3 Å². The summed E-state index contributed by atoms with van der Waals surface area (Å²) >= 11 is 0. The Balaban J connectivity index is 0.000000300. The number of esters is 4. The molecule has 4 atom stereocenters. The van der Waals surface area contributed by atoms with Crippen molar-refractivity contribution in [1.29, 1.82) is 0 Å². The second-order valence-electron chi connectivity index (χ2n) is 7.43. The lowest BCUT2D eigenvalue weighted by atomic mass is 9.93. The molecule has 2 aliphatic rings. The molecule has 0 fully saturated rings. The molecule has 0 saturated heterocycles. The van der Waals surface area contributed by atoms with Gasteiger partial charge in [0.25, 0.3) is 0 Å². The van der Waals surface area contributed by atoms with Crippen molar-refractivity contribution < 1.29 is 38.1 Å². The first-order chi connectivity index (χ1) is 14.2. The molecule has 2 rings (SSSR count). The largest absolute Gasteiger partial charge is 0.466 e. The van der Waals surface area contributed by atoms with Gasteiger partial charge in [0.1, 0.15) is 12.2 Å². The van der Waals surface area contributed by atoms with Crippen LogP contribution in [0, 0.1) is 11.8 Å². The number of rotatable bonds is 6. The third-order valence-corrected chi connectivity index (χ3v) is 4.45. The Labute approximate surface area is 177 Å². The van der Waals surface area contributed by atoms with Crippen molar-refractivity contribution in [2.45, 2.75) is 65.6 Å². The van der Waals surface area contributed by atoms with E-state index in [1.807, 2.05) is 24.3 Å². The van der Waals surface area contributed by atoms with Crippen LogP contribution in [-0.4, -0.2) is 49.3 Å². The van der Waals surface area contributed by atoms with E-state index in [0.717, 1.165) is 25.7 Å². The zero-order valence-corrected chi connectivity index (χ0v) is 18.1. The number of ether oxygens (including phenoxy) is 4. The molecule has 0 amide bonds. The second-order valence-corrected chi connectivity index (χ2v) is 7.43. The minimum atomic E-state index is -0.280. The van der Waals surface area contributed by atoms with Gasteiger partial charge < -0.3 is 18.9 Å². The van der Waals surface area contributed by atoms with E-state index in [4.69, 9.17) is 18.9 Å². The summed E-state index contributed by atoms with van der Waals surface area (Å²) in [5, 5.41) is 0. The molecule has 0 aromatic heterocycles. The van der Waals surface area contributed by atoms with Crippen molar-refractivity contribution in [3.63, 3.8) is 0 Å². The summed E-state index contributed by atoms with van der Waals surface area (Å²) in [6.45, 7) is 6.37. The molecule has 0 N–H and O–H groups in total. The van der Waals surface area contributed by atoms with E-state index in [9.17, 15) is 19.2 Å². The monoisotopic (exact) mass is 424 g/mol. The van der Waals surface area contributed by atoms with E-state index >= 15 is 0 Å². The molecule has 0 radical (unpaired) electrons. The Morgan fingerprint density at radius 2 is 1.03 bits per heavy atom. The molecular formula is C22H32O8. The SMILES string of the molecule is CC(=O)OCC1CC=CC(OC(C)=O)C1.CC(=O)OCC1CC=CC(OC(C)=O)C1. The van der Waals surface area contributed by atoms with Gasteiger partial charge in [0.15, 0.2) is 0 Å². The third kappa shape index (κ3) is 12.0. The molecule has 0 heterocycles. The average molecular weight is 424 g/mol. The number of carbonyl (C=O) groups is 4.